The molecule has 3 heteroatoms. The van der Waals surface area contributed by atoms with Gasteiger partial charge < -0.3 is 5.73 Å². The van der Waals surface area contributed by atoms with Crippen molar-refractivity contribution in [2.75, 3.05) is 12.3 Å². The largest absolute Gasteiger partial charge is 0.398 e. The van der Waals surface area contributed by atoms with E-state index in [1.807, 2.05) is 6.07 Å². The molecule has 2 nitrogen and oxygen atoms in total. The Bertz CT molecular complexity index is 378. The molecule has 0 saturated carbocycles. The monoisotopic (exact) mass is 236 g/mol. The molecule has 1 aliphatic rings. The molecule has 2 N–H and O–H groups in total. The Balaban J connectivity index is 2.08. The maximum atomic E-state index is 13.0. The summed E-state index contributed by atoms with van der Waals surface area (Å²) in [5.74, 6) is -0.254. The second kappa shape index (κ2) is 5.50. The fraction of sp³-hybridized carbons (Fsp3) is 0.571. The smallest absolute Gasteiger partial charge is 0.125 e. The van der Waals surface area contributed by atoms with Crippen molar-refractivity contribution in [1.82, 2.24) is 4.90 Å². The molecule has 17 heavy (non-hydrogen) atoms. The molecule has 0 spiro atoms. The summed E-state index contributed by atoms with van der Waals surface area (Å²) in [6.07, 6.45) is 5.14. The first-order chi connectivity index (χ1) is 8.16. The SMILES string of the molecule is CC1CCCCCN1Cc1ccc(F)cc1N. The lowest BCUT2D eigenvalue weighted by atomic mass is 10.1. The fourth-order valence-corrected chi connectivity index (χ4v) is 2.50. The maximum Gasteiger partial charge on any atom is 0.125 e. The third-order valence-corrected chi connectivity index (χ3v) is 3.67. The molecule has 94 valence electrons. The molecule has 1 heterocycles. The molecule has 0 amide bonds. The Kier molecular flexibility index (Phi) is 4.00. The molecule has 1 aromatic carbocycles. The fourth-order valence-electron chi connectivity index (χ4n) is 2.50. The Hall–Kier alpha value is -1.09. The molecular formula is C14H21FN2. The predicted molar refractivity (Wildman–Crippen MR) is 69.2 cm³/mol. The number of nitrogen functional groups attached to an aromatic ring is 1. The van der Waals surface area contributed by atoms with Crippen LogP contribution in [-0.4, -0.2) is 17.5 Å². The highest BCUT2D eigenvalue weighted by Gasteiger charge is 2.17. The summed E-state index contributed by atoms with van der Waals surface area (Å²) in [6, 6.07) is 5.32. The minimum atomic E-state index is -0.254. The number of rotatable bonds is 2. The number of nitrogens with zero attached hydrogens (tertiary/aromatic N) is 1. The molecular weight excluding hydrogens is 215 g/mol. The van der Waals surface area contributed by atoms with Gasteiger partial charge in [0.05, 0.1) is 0 Å². The van der Waals surface area contributed by atoms with Crippen molar-refractivity contribution < 1.29 is 4.39 Å². The minimum absolute atomic E-state index is 0.254. The van der Waals surface area contributed by atoms with E-state index in [1.54, 1.807) is 0 Å². The normalized spacial score (nSPS) is 22.4. The highest BCUT2D eigenvalue weighted by molar-refractivity contribution is 5.46. The van der Waals surface area contributed by atoms with E-state index >= 15 is 0 Å². The van der Waals surface area contributed by atoms with Crippen molar-refractivity contribution in [3.63, 3.8) is 0 Å². The zero-order chi connectivity index (χ0) is 12.3. The third-order valence-electron chi connectivity index (χ3n) is 3.67. The summed E-state index contributed by atoms with van der Waals surface area (Å²) in [4.78, 5) is 2.45. The van der Waals surface area contributed by atoms with Gasteiger partial charge in [-0.05, 0) is 44.0 Å². The summed E-state index contributed by atoms with van der Waals surface area (Å²) >= 11 is 0. The van der Waals surface area contributed by atoms with Crippen molar-refractivity contribution >= 4 is 5.69 Å². The average Bonchev–Trinajstić information content (AvgIpc) is 2.48. The highest BCUT2D eigenvalue weighted by Crippen LogP contribution is 2.21. The molecule has 1 aliphatic heterocycles. The van der Waals surface area contributed by atoms with Crippen molar-refractivity contribution in [1.29, 1.82) is 0 Å². The van der Waals surface area contributed by atoms with Gasteiger partial charge in [-0.1, -0.05) is 18.9 Å². The van der Waals surface area contributed by atoms with Crippen molar-refractivity contribution in [2.24, 2.45) is 0 Å². The summed E-state index contributed by atoms with van der Waals surface area (Å²) in [5, 5.41) is 0. The van der Waals surface area contributed by atoms with Crippen molar-refractivity contribution in [2.45, 2.75) is 45.2 Å². The van der Waals surface area contributed by atoms with Gasteiger partial charge in [0.1, 0.15) is 5.82 Å². The molecule has 0 aliphatic carbocycles. The van der Waals surface area contributed by atoms with Gasteiger partial charge in [0.15, 0.2) is 0 Å². The van der Waals surface area contributed by atoms with Crippen LogP contribution in [0.25, 0.3) is 0 Å². The van der Waals surface area contributed by atoms with Gasteiger partial charge in [-0.3, -0.25) is 4.90 Å². The zero-order valence-corrected chi connectivity index (χ0v) is 10.5. The molecule has 2 rings (SSSR count). The quantitative estimate of drug-likeness (QED) is 0.799. The molecule has 1 atom stereocenters. The Labute approximate surface area is 103 Å². The second-order valence-corrected chi connectivity index (χ2v) is 5.01. The van der Waals surface area contributed by atoms with Crippen LogP contribution in [-0.2, 0) is 6.54 Å². The van der Waals surface area contributed by atoms with Gasteiger partial charge in [-0.15, -0.1) is 0 Å². The van der Waals surface area contributed by atoms with Crippen LogP contribution in [0, 0.1) is 5.82 Å². The van der Waals surface area contributed by atoms with Crippen LogP contribution in [0.1, 0.15) is 38.2 Å². The number of hydrogen-bond acceptors (Lipinski definition) is 2. The number of likely N-dealkylation sites (tertiary alicyclic amines) is 1. The number of benzene rings is 1. The van der Waals surface area contributed by atoms with Crippen LogP contribution < -0.4 is 5.73 Å². The number of halogens is 1. The molecule has 1 fully saturated rings. The summed E-state index contributed by atoms with van der Waals surface area (Å²) in [5.41, 5.74) is 7.47. The lowest BCUT2D eigenvalue weighted by Crippen LogP contribution is -2.32. The summed E-state index contributed by atoms with van der Waals surface area (Å²) in [7, 11) is 0. The maximum absolute atomic E-state index is 13.0. The topological polar surface area (TPSA) is 29.3 Å². The first-order valence-electron chi connectivity index (χ1n) is 6.45. The first-order valence-corrected chi connectivity index (χ1v) is 6.45. The lowest BCUT2D eigenvalue weighted by molar-refractivity contribution is 0.205. The van der Waals surface area contributed by atoms with E-state index in [1.165, 1.54) is 37.8 Å². The second-order valence-electron chi connectivity index (χ2n) is 5.01. The van der Waals surface area contributed by atoms with E-state index < -0.39 is 0 Å². The Morgan fingerprint density at radius 1 is 1.35 bits per heavy atom. The molecule has 1 aromatic rings. The highest BCUT2D eigenvalue weighted by atomic mass is 19.1. The summed E-state index contributed by atoms with van der Waals surface area (Å²) in [6.45, 7) is 4.23. The average molecular weight is 236 g/mol. The third kappa shape index (κ3) is 3.19. The van der Waals surface area contributed by atoms with Crippen LogP contribution in [0.15, 0.2) is 18.2 Å². The van der Waals surface area contributed by atoms with Crippen LogP contribution >= 0.6 is 0 Å². The van der Waals surface area contributed by atoms with Gasteiger partial charge in [0, 0.05) is 18.3 Å². The van der Waals surface area contributed by atoms with E-state index in [9.17, 15) is 4.39 Å². The molecule has 1 unspecified atom stereocenters. The van der Waals surface area contributed by atoms with Crippen molar-refractivity contribution in [3.05, 3.63) is 29.6 Å². The van der Waals surface area contributed by atoms with Gasteiger partial charge in [-0.25, -0.2) is 4.39 Å². The van der Waals surface area contributed by atoms with E-state index in [0.29, 0.717) is 11.7 Å². The van der Waals surface area contributed by atoms with E-state index in [0.717, 1.165) is 18.7 Å². The van der Waals surface area contributed by atoms with Crippen LogP contribution in [0.2, 0.25) is 0 Å². The van der Waals surface area contributed by atoms with Gasteiger partial charge in [0.2, 0.25) is 0 Å². The van der Waals surface area contributed by atoms with Crippen LogP contribution in [0.5, 0.6) is 0 Å². The standard InChI is InChI=1S/C14H21FN2/c1-11-5-3-2-4-8-17(11)10-12-6-7-13(15)9-14(12)16/h6-7,9,11H,2-5,8,10,16H2,1H3. The van der Waals surface area contributed by atoms with E-state index in [-0.39, 0.29) is 5.82 Å². The van der Waals surface area contributed by atoms with Crippen molar-refractivity contribution in [3.8, 4) is 0 Å². The number of nitrogens with two attached hydrogens (primary N) is 1. The van der Waals surface area contributed by atoms with E-state index in [4.69, 9.17) is 5.73 Å². The Morgan fingerprint density at radius 3 is 2.94 bits per heavy atom. The predicted octanol–water partition coefficient (Wildman–Crippen LogP) is 3.17. The van der Waals surface area contributed by atoms with Gasteiger partial charge in [-0.2, -0.15) is 0 Å². The Morgan fingerprint density at radius 2 is 2.18 bits per heavy atom. The van der Waals surface area contributed by atoms with Crippen LogP contribution in [0.4, 0.5) is 10.1 Å². The molecule has 0 aromatic heterocycles. The number of hydrogen-bond donors (Lipinski definition) is 1. The minimum Gasteiger partial charge on any atom is -0.398 e. The van der Waals surface area contributed by atoms with Crippen LogP contribution in [0.3, 0.4) is 0 Å². The summed E-state index contributed by atoms with van der Waals surface area (Å²) < 4.78 is 13.0. The molecule has 0 radical (unpaired) electrons. The molecule has 0 bridgehead atoms. The van der Waals surface area contributed by atoms with Gasteiger partial charge in [0.25, 0.3) is 0 Å². The zero-order valence-electron chi connectivity index (χ0n) is 10.5. The first kappa shape index (κ1) is 12.4. The molecule has 1 saturated heterocycles. The lowest BCUT2D eigenvalue weighted by Gasteiger charge is -2.27. The number of anilines is 1. The van der Waals surface area contributed by atoms with Gasteiger partial charge >= 0.3 is 0 Å². The van der Waals surface area contributed by atoms with E-state index in [2.05, 4.69) is 11.8 Å².